The number of carboxylic acids is 1. The summed E-state index contributed by atoms with van der Waals surface area (Å²) >= 11 is 0. The standard InChI is InChI=1S/C10H10N2O5/c11-9(15)6-1-3-7(4-2-6)10(16)12-17-5-8(13)14/h1-4H,5H2,(H2,11,15)(H,12,16)(H,13,14). The molecule has 17 heavy (non-hydrogen) atoms. The van der Waals surface area contributed by atoms with Gasteiger partial charge < -0.3 is 10.8 Å². The van der Waals surface area contributed by atoms with Gasteiger partial charge in [-0.05, 0) is 24.3 Å². The number of primary amides is 1. The Kier molecular flexibility index (Phi) is 4.18. The van der Waals surface area contributed by atoms with Gasteiger partial charge in [-0.2, -0.15) is 0 Å². The zero-order chi connectivity index (χ0) is 12.8. The average molecular weight is 238 g/mol. The molecule has 7 nitrogen and oxygen atoms in total. The maximum Gasteiger partial charge on any atom is 0.332 e. The highest BCUT2D eigenvalue weighted by molar-refractivity contribution is 5.96. The second-order valence-corrected chi connectivity index (χ2v) is 3.06. The predicted molar refractivity (Wildman–Crippen MR) is 56.0 cm³/mol. The molecule has 0 heterocycles. The summed E-state index contributed by atoms with van der Waals surface area (Å²) in [5, 5.41) is 8.27. The van der Waals surface area contributed by atoms with Crippen LogP contribution in [0.2, 0.25) is 0 Å². The number of benzene rings is 1. The third-order valence-corrected chi connectivity index (χ3v) is 1.79. The van der Waals surface area contributed by atoms with E-state index < -0.39 is 24.4 Å². The largest absolute Gasteiger partial charge is 0.479 e. The number of nitrogens with two attached hydrogens (primary N) is 1. The van der Waals surface area contributed by atoms with Crippen molar-refractivity contribution in [2.45, 2.75) is 0 Å². The van der Waals surface area contributed by atoms with E-state index in [4.69, 9.17) is 10.8 Å². The maximum absolute atomic E-state index is 11.4. The van der Waals surface area contributed by atoms with Crippen LogP contribution in [0.25, 0.3) is 0 Å². The lowest BCUT2D eigenvalue weighted by Crippen LogP contribution is -2.26. The minimum Gasteiger partial charge on any atom is -0.479 e. The van der Waals surface area contributed by atoms with Crippen LogP contribution >= 0.6 is 0 Å². The van der Waals surface area contributed by atoms with E-state index in [0.717, 1.165) is 0 Å². The van der Waals surface area contributed by atoms with E-state index in [1.807, 2.05) is 5.48 Å². The van der Waals surface area contributed by atoms with Crippen molar-refractivity contribution in [2.24, 2.45) is 5.73 Å². The third kappa shape index (κ3) is 3.92. The lowest BCUT2D eigenvalue weighted by Gasteiger charge is -2.04. The summed E-state index contributed by atoms with van der Waals surface area (Å²) < 4.78 is 0. The molecular formula is C10H10N2O5. The van der Waals surface area contributed by atoms with Gasteiger partial charge in [-0.15, -0.1) is 0 Å². The van der Waals surface area contributed by atoms with Crippen molar-refractivity contribution >= 4 is 17.8 Å². The van der Waals surface area contributed by atoms with Crippen LogP contribution in [-0.2, 0) is 9.63 Å². The molecule has 7 heteroatoms. The van der Waals surface area contributed by atoms with E-state index in [0.29, 0.717) is 0 Å². The first kappa shape index (κ1) is 12.7. The molecule has 0 atom stereocenters. The monoisotopic (exact) mass is 238 g/mol. The fourth-order valence-electron chi connectivity index (χ4n) is 1.01. The van der Waals surface area contributed by atoms with Crippen LogP contribution in [-0.4, -0.2) is 29.5 Å². The van der Waals surface area contributed by atoms with Crippen molar-refractivity contribution in [1.29, 1.82) is 0 Å². The summed E-state index contributed by atoms with van der Waals surface area (Å²) in [6, 6.07) is 5.52. The Morgan fingerprint density at radius 2 is 1.71 bits per heavy atom. The van der Waals surface area contributed by atoms with Gasteiger partial charge in [0.2, 0.25) is 5.91 Å². The van der Waals surface area contributed by atoms with E-state index in [1.165, 1.54) is 24.3 Å². The molecule has 0 spiro atoms. The van der Waals surface area contributed by atoms with Gasteiger partial charge in [-0.1, -0.05) is 0 Å². The maximum atomic E-state index is 11.4. The van der Waals surface area contributed by atoms with Gasteiger partial charge in [-0.3, -0.25) is 14.4 Å². The van der Waals surface area contributed by atoms with Crippen LogP contribution in [0.1, 0.15) is 20.7 Å². The highest BCUT2D eigenvalue weighted by Gasteiger charge is 2.07. The fourth-order valence-corrected chi connectivity index (χ4v) is 1.01. The lowest BCUT2D eigenvalue weighted by molar-refractivity contribution is -0.144. The minimum atomic E-state index is -1.20. The molecule has 90 valence electrons. The Hall–Kier alpha value is -2.41. The molecule has 1 aromatic carbocycles. The highest BCUT2D eigenvalue weighted by Crippen LogP contribution is 2.03. The number of carbonyl (C=O) groups excluding carboxylic acids is 2. The predicted octanol–water partition coefficient (Wildman–Crippen LogP) is -0.468. The first-order valence-electron chi connectivity index (χ1n) is 4.54. The molecule has 0 radical (unpaired) electrons. The first-order chi connectivity index (χ1) is 8.00. The molecule has 0 fully saturated rings. The van der Waals surface area contributed by atoms with Crippen LogP contribution in [0.3, 0.4) is 0 Å². The van der Waals surface area contributed by atoms with Gasteiger partial charge in [0.1, 0.15) is 0 Å². The molecule has 1 rings (SSSR count). The van der Waals surface area contributed by atoms with Gasteiger partial charge in [0.05, 0.1) is 0 Å². The molecule has 1 aromatic rings. The molecule has 0 aromatic heterocycles. The van der Waals surface area contributed by atoms with Crippen molar-refractivity contribution < 1.29 is 24.3 Å². The average Bonchev–Trinajstić information content (AvgIpc) is 2.28. The molecule has 0 saturated carbocycles. The number of nitrogens with one attached hydrogen (secondary N) is 1. The Morgan fingerprint density at radius 3 is 2.18 bits per heavy atom. The number of amides is 2. The summed E-state index contributed by atoms with van der Waals surface area (Å²) in [7, 11) is 0. The van der Waals surface area contributed by atoms with Crippen LogP contribution in [0.5, 0.6) is 0 Å². The Bertz CT molecular complexity index is 441. The van der Waals surface area contributed by atoms with Crippen LogP contribution in [0.15, 0.2) is 24.3 Å². The summed E-state index contributed by atoms with van der Waals surface area (Å²) in [6.45, 7) is -0.634. The van der Waals surface area contributed by atoms with Crippen molar-refractivity contribution in [2.75, 3.05) is 6.61 Å². The highest BCUT2D eigenvalue weighted by atomic mass is 16.7. The summed E-state index contributed by atoms with van der Waals surface area (Å²) in [6.07, 6.45) is 0. The zero-order valence-electron chi connectivity index (χ0n) is 8.67. The summed E-state index contributed by atoms with van der Waals surface area (Å²) in [4.78, 5) is 36.6. The van der Waals surface area contributed by atoms with E-state index >= 15 is 0 Å². The first-order valence-corrected chi connectivity index (χ1v) is 4.54. The molecule has 2 amide bonds. The molecule has 0 aliphatic carbocycles. The number of carbonyl (C=O) groups is 3. The van der Waals surface area contributed by atoms with Crippen LogP contribution < -0.4 is 11.2 Å². The molecule has 0 bridgehead atoms. The summed E-state index contributed by atoms with van der Waals surface area (Å²) in [5.74, 6) is -2.41. The van der Waals surface area contributed by atoms with Crippen LogP contribution in [0, 0.1) is 0 Å². The second kappa shape index (κ2) is 5.61. The second-order valence-electron chi connectivity index (χ2n) is 3.06. The number of aliphatic carboxylic acids is 1. The number of rotatable bonds is 5. The van der Waals surface area contributed by atoms with Crippen LogP contribution in [0.4, 0.5) is 0 Å². The van der Waals surface area contributed by atoms with E-state index in [-0.39, 0.29) is 11.1 Å². The Morgan fingerprint density at radius 1 is 1.18 bits per heavy atom. The number of hydrogen-bond donors (Lipinski definition) is 3. The molecule has 0 aliphatic heterocycles. The van der Waals surface area contributed by atoms with Crippen molar-refractivity contribution in [3.05, 3.63) is 35.4 Å². The fraction of sp³-hybridized carbons (Fsp3) is 0.100. The molecular weight excluding hydrogens is 228 g/mol. The molecule has 0 aliphatic rings. The van der Waals surface area contributed by atoms with Gasteiger partial charge in [0.25, 0.3) is 5.91 Å². The lowest BCUT2D eigenvalue weighted by atomic mass is 10.1. The topological polar surface area (TPSA) is 119 Å². The summed E-state index contributed by atoms with van der Waals surface area (Å²) in [5.41, 5.74) is 7.46. The zero-order valence-corrected chi connectivity index (χ0v) is 8.67. The minimum absolute atomic E-state index is 0.223. The number of hydrogen-bond acceptors (Lipinski definition) is 4. The van der Waals surface area contributed by atoms with E-state index in [1.54, 1.807) is 0 Å². The van der Waals surface area contributed by atoms with Gasteiger partial charge >= 0.3 is 5.97 Å². The molecule has 0 saturated heterocycles. The van der Waals surface area contributed by atoms with Gasteiger partial charge in [-0.25, -0.2) is 10.3 Å². The molecule has 4 N–H and O–H groups in total. The SMILES string of the molecule is NC(=O)c1ccc(C(=O)NOCC(=O)O)cc1. The molecule has 0 unspecified atom stereocenters. The normalized spacial score (nSPS) is 9.65. The van der Waals surface area contributed by atoms with E-state index in [9.17, 15) is 14.4 Å². The van der Waals surface area contributed by atoms with Crippen molar-refractivity contribution in [3.8, 4) is 0 Å². The van der Waals surface area contributed by atoms with Gasteiger partial charge in [0, 0.05) is 11.1 Å². The Labute approximate surface area is 96.1 Å². The number of carboxylic acid groups (broad SMARTS) is 1. The Balaban J connectivity index is 2.57. The van der Waals surface area contributed by atoms with Crippen molar-refractivity contribution in [1.82, 2.24) is 5.48 Å². The number of hydroxylamine groups is 1. The van der Waals surface area contributed by atoms with Crippen molar-refractivity contribution in [3.63, 3.8) is 0 Å². The quantitative estimate of drug-likeness (QED) is 0.599. The van der Waals surface area contributed by atoms with Gasteiger partial charge in [0.15, 0.2) is 6.61 Å². The smallest absolute Gasteiger partial charge is 0.332 e. The van der Waals surface area contributed by atoms with E-state index in [2.05, 4.69) is 4.84 Å². The third-order valence-electron chi connectivity index (χ3n) is 1.79.